The number of hydrogen-bond acceptors (Lipinski definition) is 5. The maximum absolute atomic E-state index is 13.8. The minimum atomic E-state index is -1.05. The van der Waals surface area contributed by atoms with Crippen LogP contribution in [0.4, 0.5) is 4.39 Å². The van der Waals surface area contributed by atoms with Crippen LogP contribution in [-0.4, -0.2) is 27.0 Å². The van der Waals surface area contributed by atoms with Crippen LogP contribution in [0, 0.1) is 12.7 Å². The van der Waals surface area contributed by atoms with Gasteiger partial charge in [0.15, 0.2) is 0 Å². The molecule has 208 valence electrons. The van der Waals surface area contributed by atoms with Gasteiger partial charge in [-0.15, -0.1) is 0 Å². The monoisotopic (exact) mass is 601 g/mol. The number of aryl methyl sites for hydroxylation is 1. The molecule has 0 aliphatic heterocycles. The normalized spacial score (nSPS) is 20.3. The Morgan fingerprint density at radius 3 is 2.38 bits per heavy atom. The molecule has 0 spiro atoms. The van der Waals surface area contributed by atoms with Crippen LogP contribution < -0.4 is 9.47 Å². The molecule has 2 heterocycles. The molecule has 0 atom stereocenters. The molecule has 1 N–H and O–H groups in total. The molecule has 2 aromatic heterocycles. The highest BCUT2D eigenvalue weighted by Gasteiger charge is 2.46. The van der Waals surface area contributed by atoms with Crippen molar-refractivity contribution >= 4 is 34.8 Å². The average Bonchev–Trinajstić information content (AvgIpc) is 3.65. The van der Waals surface area contributed by atoms with Crippen molar-refractivity contribution in [3.05, 3.63) is 97.6 Å². The van der Waals surface area contributed by atoms with Gasteiger partial charge in [0.1, 0.15) is 23.9 Å². The smallest absolute Gasteiger partial charge is 0.216 e. The van der Waals surface area contributed by atoms with Gasteiger partial charge in [-0.05, 0) is 80.3 Å². The molecule has 2 aliphatic carbocycles. The Bertz CT molecular complexity index is 1580. The number of hydrogen-bond donors (Lipinski definition) is 1. The maximum atomic E-state index is 13.8. The van der Waals surface area contributed by atoms with Gasteiger partial charge in [0.05, 0.1) is 39.7 Å². The van der Waals surface area contributed by atoms with Crippen molar-refractivity contribution in [2.75, 3.05) is 7.11 Å². The Hall–Kier alpha value is -2.84. The lowest BCUT2D eigenvalue weighted by Crippen LogP contribution is -2.40. The molecule has 6 rings (SSSR count). The van der Waals surface area contributed by atoms with Crippen molar-refractivity contribution in [3.8, 4) is 17.3 Å². The van der Waals surface area contributed by atoms with Crippen molar-refractivity contribution in [3.63, 3.8) is 0 Å². The quantitative estimate of drug-likeness (QED) is 0.222. The van der Waals surface area contributed by atoms with E-state index >= 15 is 0 Å². The number of rotatable bonds is 8. The van der Waals surface area contributed by atoms with Crippen LogP contribution in [0.3, 0.4) is 0 Å². The zero-order valence-electron chi connectivity index (χ0n) is 21.9. The molecule has 2 aromatic carbocycles. The third-order valence-corrected chi connectivity index (χ3v) is 8.64. The highest BCUT2D eigenvalue weighted by Crippen LogP contribution is 2.54. The number of methoxy groups -OCH3 is 1. The van der Waals surface area contributed by atoms with E-state index < -0.39 is 11.4 Å². The predicted octanol–water partition coefficient (Wildman–Crippen LogP) is 7.91. The summed E-state index contributed by atoms with van der Waals surface area (Å²) in [5.74, 6) is 1.11. The Balaban J connectivity index is 1.21. The zero-order valence-corrected chi connectivity index (χ0v) is 24.2. The number of aliphatic hydroxyl groups is 1. The maximum Gasteiger partial charge on any atom is 0.216 e. The number of pyridine rings is 1. The van der Waals surface area contributed by atoms with Crippen LogP contribution in [0.25, 0.3) is 5.69 Å². The lowest BCUT2D eigenvalue weighted by atomic mass is 9.65. The summed E-state index contributed by atoms with van der Waals surface area (Å²) in [6.45, 7) is 2.16. The van der Waals surface area contributed by atoms with Crippen molar-refractivity contribution in [1.82, 2.24) is 14.8 Å². The van der Waals surface area contributed by atoms with Gasteiger partial charge in [-0.3, -0.25) is 0 Å². The number of halogens is 4. The first-order valence-corrected chi connectivity index (χ1v) is 14.2. The third-order valence-electron chi connectivity index (χ3n) is 7.75. The molecular weight excluding hydrogens is 576 g/mol. The minimum Gasteiger partial charge on any atom is -0.487 e. The van der Waals surface area contributed by atoms with Gasteiger partial charge >= 0.3 is 0 Å². The van der Waals surface area contributed by atoms with Crippen LogP contribution in [0.1, 0.15) is 65.5 Å². The van der Waals surface area contributed by atoms with Crippen LogP contribution in [0.5, 0.6) is 11.6 Å². The van der Waals surface area contributed by atoms with Gasteiger partial charge in [0, 0.05) is 22.9 Å². The topological polar surface area (TPSA) is 69.4 Å². The molecule has 0 unspecified atom stereocenters. The molecule has 40 heavy (non-hydrogen) atoms. The molecule has 2 saturated carbocycles. The first-order chi connectivity index (χ1) is 19.2. The molecule has 10 heteroatoms. The number of benzene rings is 2. The summed E-state index contributed by atoms with van der Waals surface area (Å²) < 4.78 is 27.0. The summed E-state index contributed by atoms with van der Waals surface area (Å²) in [5, 5.41) is 16.7. The third kappa shape index (κ3) is 5.05. The van der Waals surface area contributed by atoms with E-state index in [1.54, 1.807) is 36.3 Å². The summed E-state index contributed by atoms with van der Waals surface area (Å²) >= 11 is 19.4. The molecule has 2 aliphatic rings. The number of aromatic nitrogens is 3. The Kier molecular flexibility index (Phi) is 7.20. The van der Waals surface area contributed by atoms with Crippen LogP contribution in [-0.2, 0) is 12.2 Å². The second-order valence-corrected chi connectivity index (χ2v) is 11.9. The van der Waals surface area contributed by atoms with Crippen LogP contribution >= 0.6 is 34.8 Å². The number of ether oxygens (including phenoxy) is 2. The minimum absolute atomic E-state index is 0.116. The zero-order chi connectivity index (χ0) is 28.2. The molecule has 0 amide bonds. The predicted molar refractivity (Wildman–Crippen MR) is 153 cm³/mol. The van der Waals surface area contributed by atoms with E-state index in [0.29, 0.717) is 46.7 Å². The van der Waals surface area contributed by atoms with Gasteiger partial charge in [-0.25, -0.2) is 14.1 Å². The summed E-state index contributed by atoms with van der Waals surface area (Å²) in [4.78, 5) is 4.37. The standard InChI is InChI=1S/C30H27Cl3FN3O3/c1-16-7-21(29(39-2)35-13-16)18-11-30(38,12-18)23-6-5-20(10-24(23)31)40-15-27-22(17-3-4-17)14-36-37(27)28-25(32)8-19(34)9-26(28)33/h5-10,13-14,17-18,38H,3-4,11-12,15H2,1-2H3/t18-,30+. The molecule has 4 aromatic rings. The first kappa shape index (κ1) is 27.3. The molecular formula is C30H27Cl3FN3O3. The van der Waals surface area contributed by atoms with Gasteiger partial charge in [0.25, 0.3) is 0 Å². The molecule has 6 nitrogen and oxygen atoms in total. The van der Waals surface area contributed by atoms with E-state index in [1.165, 1.54) is 12.1 Å². The Labute approximate surface area is 246 Å². The average molecular weight is 603 g/mol. The molecule has 0 saturated heterocycles. The van der Waals surface area contributed by atoms with E-state index in [0.717, 1.165) is 35.2 Å². The van der Waals surface area contributed by atoms with Gasteiger partial charge < -0.3 is 14.6 Å². The first-order valence-electron chi connectivity index (χ1n) is 13.0. The second-order valence-electron chi connectivity index (χ2n) is 10.6. The number of nitrogens with zero attached hydrogens (tertiary/aromatic N) is 3. The highest BCUT2D eigenvalue weighted by atomic mass is 35.5. The molecule has 0 radical (unpaired) electrons. The van der Waals surface area contributed by atoms with Crippen molar-refractivity contribution < 1.29 is 19.0 Å². The van der Waals surface area contributed by atoms with Gasteiger partial charge in [0.2, 0.25) is 5.88 Å². The molecule has 2 fully saturated rings. The Morgan fingerprint density at radius 1 is 1.00 bits per heavy atom. The lowest BCUT2D eigenvalue weighted by molar-refractivity contribution is -0.0554. The van der Waals surface area contributed by atoms with E-state index in [4.69, 9.17) is 44.3 Å². The van der Waals surface area contributed by atoms with E-state index in [9.17, 15) is 9.50 Å². The summed E-state index contributed by atoms with van der Waals surface area (Å²) in [6.07, 6.45) is 6.72. The van der Waals surface area contributed by atoms with Crippen molar-refractivity contribution in [2.24, 2.45) is 0 Å². The van der Waals surface area contributed by atoms with E-state index in [1.807, 2.05) is 13.0 Å². The van der Waals surface area contributed by atoms with E-state index in [2.05, 4.69) is 16.1 Å². The summed E-state index contributed by atoms with van der Waals surface area (Å²) in [6, 6.07) is 9.81. The van der Waals surface area contributed by atoms with Crippen molar-refractivity contribution in [1.29, 1.82) is 0 Å². The fraction of sp³-hybridized carbons (Fsp3) is 0.333. The molecule has 0 bridgehead atoms. The van der Waals surface area contributed by atoms with Gasteiger partial charge in [-0.2, -0.15) is 5.10 Å². The fourth-order valence-electron chi connectivity index (χ4n) is 5.55. The van der Waals surface area contributed by atoms with Crippen LogP contribution in [0.2, 0.25) is 15.1 Å². The largest absolute Gasteiger partial charge is 0.487 e. The van der Waals surface area contributed by atoms with Gasteiger partial charge in [-0.1, -0.05) is 40.9 Å². The van der Waals surface area contributed by atoms with Crippen molar-refractivity contribution in [2.45, 2.75) is 56.7 Å². The summed E-state index contributed by atoms with van der Waals surface area (Å²) in [7, 11) is 1.60. The lowest BCUT2D eigenvalue weighted by Gasteiger charge is -2.44. The summed E-state index contributed by atoms with van der Waals surface area (Å²) in [5.41, 5.74) is 3.89. The van der Waals surface area contributed by atoms with E-state index in [-0.39, 0.29) is 22.6 Å². The Morgan fingerprint density at radius 2 is 1.73 bits per heavy atom. The van der Waals surface area contributed by atoms with Crippen LogP contribution in [0.15, 0.2) is 48.8 Å². The highest BCUT2D eigenvalue weighted by molar-refractivity contribution is 6.37. The SMILES string of the molecule is COc1ncc(C)cc1[C@H]1C[C@](O)(c2ccc(OCc3c(C4CC4)cnn3-c3c(Cl)cc(F)cc3Cl)cc2Cl)C1. The second kappa shape index (κ2) is 10.5. The fourth-order valence-corrected chi connectivity index (χ4v) is 6.52.